The number of carbonyl (C=O) groups excluding carboxylic acids is 1. The molecule has 0 bridgehead atoms. The molecule has 1 aromatic heterocycles. The van der Waals surface area contributed by atoms with E-state index in [2.05, 4.69) is 31.2 Å². The third-order valence-corrected chi connectivity index (χ3v) is 5.39. The van der Waals surface area contributed by atoms with Gasteiger partial charge in [-0.05, 0) is 41.7 Å². The largest absolute Gasteiger partial charge is 0.481 e. The van der Waals surface area contributed by atoms with Crippen LogP contribution >= 0.6 is 0 Å². The molecule has 2 heterocycles. The number of ketones is 1. The van der Waals surface area contributed by atoms with Crippen molar-refractivity contribution in [3.8, 4) is 11.1 Å². The molecular weight excluding hydrogens is 338 g/mol. The van der Waals surface area contributed by atoms with Gasteiger partial charge in [0.05, 0.1) is 11.6 Å². The van der Waals surface area contributed by atoms with Gasteiger partial charge in [0.25, 0.3) is 0 Å². The number of aryl methyl sites for hydroxylation is 1. The number of nitrogens with zero attached hydrogens (tertiary/aromatic N) is 1. The average molecular weight is 359 g/mol. The van der Waals surface area contributed by atoms with Crippen LogP contribution in [0.2, 0.25) is 0 Å². The van der Waals surface area contributed by atoms with Crippen molar-refractivity contribution in [2.24, 2.45) is 0 Å². The first-order chi connectivity index (χ1) is 13.1. The molecule has 4 rings (SSSR count). The van der Waals surface area contributed by atoms with Gasteiger partial charge in [0.15, 0.2) is 0 Å². The summed E-state index contributed by atoms with van der Waals surface area (Å²) in [7, 11) is 0. The van der Waals surface area contributed by atoms with Crippen molar-refractivity contribution in [2.75, 3.05) is 0 Å². The fraction of sp³-hybridized carbons (Fsp3) is 0.217. The van der Waals surface area contributed by atoms with Gasteiger partial charge in [-0.2, -0.15) is 0 Å². The molecule has 136 valence electrons. The van der Waals surface area contributed by atoms with Crippen LogP contribution in [0.5, 0.6) is 0 Å². The van der Waals surface area contributed by atoms with Crippen molar-refractivity contribution in [3.05, 3.63) is 83.2 Å². The Morgan fingerprint density at radius 3 is 2.19 bits per heavy atom. The molecule has 1 aliphatic rings. The molecule has 0 spiro atoms. The zero-order valence-corrected chi connectivity index (χ0v) is 15.2. The predicted molar refractivity (Wildman–Crippen MR) is 104 cm³/mol. The summed E-state index contributed by atoms with van der Waals surface area (Å²) >= 11 is 0. The van der Waals surface area contributed by atoms with E-state index in [9.17, 15) is 14.7 Å². The summed E-state index contributed by atoms with van der Waals surface area (Å²) in [6.07, 6.45) is 1.55. The molecule has 1 N–H and O–H groups in total. The minimum atomic E-state index is -0.829. The van der Waals surface area contributed by atoms with E-state index in [1.807, 2.05) is 28.8 Å². The second kappa shape index (κ2) is 6.88. The lowest BCUT2D eigenvalue weighted by atomic mass is 10.00. The Labute approximate surface area is 158 Å². The van der Waals surface area contributed by atoms with Gasteiger partial charge < -0.3 is 9.67 Å². The molecule has 2 aromatic carbocycles. The molecule has 27 heavy (non-hydrogen) atoms. The van der Waals surface area contributed by atoms with Crippen molar-refractivity contribution in [3.63, 3.8) is 0 Å². The Morgan fingerprint density at radius 2 is 1.59 bits per heavy atom. The number of aromatic nitrogens is 1. The molecule has 0 fully saturated rings. The van der Waals surface area contributed by atoms with E-state index in [0.29, 0.717) is 24.2 Å². The maximum absolute atomic E-state index is 12.9. The first-order valence-corrected chi connectivity index (χ1v) is 9.24. The van der Waals surface area contributed by atoms with Crippen molar-refractivity contribution < 1.29 is 14.7 Å². The summed E-state index contributed by atoms with van der Waals surface area (Å²) in [6.45, 7) is 2.70. The Kier molecular flexibility index (Phi) is 4.40. The van der Waals surface area contributed by atoms with Crippen LogP contribution < -0.4 is 0 Å². The molecule has 4 nitrogen and oxygen atoms in total. The van der Waals surface area contributed by atoms with Crippen molar-refractivity contribution in [2.45, 2.75) is 32.2 Å². The van der Waals surface area contributed by atoms with E-state index >= 15 is 0 Å². The minimum absolute atomic E-state index is 0.0693. The van der Waals surface area contributed by atoms with Crippen molar-refractivity contribution in [1.29, 1.82) is 0 Å². The van der Waals surface area contributed by atoms with Crippen LogP contribution in [0.15, 0.2) is 60.7 Å². The number of hydrogen-bond donors (Lipinski definition) is 1. The van der Waals surface area contributed by atoms with Crippen LogP contribution in [-0.4, -0.2) is 21.4 Å². The first kappa shape index (κ1) is 17.3. The van der Waals surface area contributed by atoms with Gasteiger partial charge in [-0.1, -0.05) is 55.5 Å². The number of aliphatic carboxylic acids is 1. The van der Waals surface area contributed by atoms with Gasteiger partial charge in [-0.25, -0.2) is 0 Å². The van der Waals surface area contributed by atoms with Gasteiger partial charge in [-0.3, -0.25) is 9.59 Å². The molecule has 0 radical (unpaired) electrons. The zero-order valence-electron chi connectivity index (χ0n) is 15.2. The van der Waals surface area contributed by atoms with Crippen molar-refractivity contribution >= 4 is 11.8 Å². The number of fused-ring (bicyclic) bond motifs is 1. The molecule has 1 unspecified atom stereocenters. The van der Waals surface area contributed by atoms with E-state index in [4.69, 9.17) is 0 Å². The molecule has 3 aromatic rings. The van der Waals surface area contributed by atoms with E-state index < -0.39 is 11.9 Å². The molecule has 0 saturated heterocycles. The summed E-state index contributed by atoms with van der Waals surface area (Å²) in [5.74, 6) is -1.41. The van der Waals surface area contributed by atoms with Gasteiger partial charge in [0.2, 0.25) is 5.78 Å². The first-order valence-electron chi connectivity index (χ1n) is 9.24. The summed E-state index contributed by atoms with van der Waals surface area (Å²) in [6, 6.07) is 19.6. The molecule has 0 saturated carbocycles. The topological polar surface area (TPSA) is 59.3 Å². The molecule has 1 aliphatic heterocycles. The van der Waals surface area contributed by atoms with E-state index in [0.717, 1.165) is 23.2 Å². The van der Waals surface area contributed by atoms with Gasteiger partial charge in [0, 0.05) is 17.8 Å². The minimum Gasteiger partial charge on any atom is -0.481 e. The highest BCUT2D eigenvalue weighted by Gasteiger charge is 2.31. The second-order valence-electron chi connectivity index (χ2n) is 6.93. The highest BCUT2D eigenvalue weighted by Crippen LogP contribution is 2.31. The van der Waals surface area contributed by atoms with Crippen LogP contribution in [0.3, 0.4) is 0 Å². The van der Waals surface area contributed by atoms with Gasteiger partial charge in [0.1, 0.15) is 0 Å². The van der Waals surface area contributed by atoms with E-state index in [-0.39, 0.29) is 5.78 Å². The maximum Gasteiger partial charge on any atom is 0.312 e. The fourth-order valence-electron chi connectivity index (χ4n) is 3.79. The summed E-state index contributed by atoms with van der Waals surface area (Å²) < 4.78 is 1.85. The average Bonchev–Trinajstić information content (AvgIpc) is 3.29. The maximum atomic E-state index is 12.9. The number of hydrogen-bond acceptors (Lipinski definition) is 2. The molecular formula is C23H21NO3. The number of carboxylic acids is 1. The van der Waals surface area contributed by atoms with Crippen LogP contribution in [0.25, 0.3) is 11.1 Å². The van der Waals surface area contributed by atoms with Crippen LogP contribution in [0.4, 0.5) is 0 Å². The standard InChI is InChI=1S/C23H21NO3/c1-2-15-3-5-16(6-4-15)17-7-9-18(10-8-17)22(25)21-12-11-20-19(23(26)27)13-14-24(20)21/h3-12,19H,2,13-14H2,1H3,(H,26,27). The number of benzene rings is 2. The smallest absolute Gasteiger partial charge is 0.312 e. The Bertz CT molecular complexity index is 997. The lowest BCUT2D eigenvalue weighted by Crippen LogP contribution is -2.10. The number of carbonyl (C=O) groups is 2. The molecule has 1 atom stereocenters. The summed E-state index contributed by atoms with van der Waals surface area (Å²) in [4.78, 5) is 24.2. The predicted octanol–water partition coefficient (Wildman–Crippen LogP) is 4.52. The number of carboxylic acid groups (broad SMARTS) is 1. The Morgan fingerprint density at radius 1 is 0.963 bits per heavy atom. The third-order valence-electron chi connectivity index (χ3n) is 5.39. The monoisotopic (exact) mass is 359 g/mol. The lowest BCUT2D eigenvalue weighted by Gasteiger charge is -2.07. The fourth-order valence-corrected chi connectivity index (χ4v) is 3.79. The zero-order chi connectivity index (χ0) is 19.0. The quantitative estimate of drug-likeness (QED) is 0.681. The third kappa shape index (κ3) is 3.08. The molecule has 4 heteroatoms. The second-order valence-corrected chi connectivity index (χ2v) is 6.93. The lowest BCUT2D eigenvalue weighted by molar-refractivity contribution is -0.138. The van der Waals surface area contributed by atoms with Gasteiger partial charge in [-0.15, -0.1) is 0 Å². The SMILES string of the molecule is CCc1ccc(-c2ccc(C(=O)c3ccc4n3CCC4C(=O)O)cc2)cc1. The van der Waals surface area contributed by atoms with Crippen molar-refractivity contribution in [1.82, 2.24) is 4.57 Å². The molecule has 0 aliphatic carbocycles. The van der Waals surface area contributed by atoms with Crippen LogP contribution in [-0.2, 0) is 17.8 Å². The highest BCUT2D eigenvalue weighted by molar-refractivity contribution is 6.08. The Hall–Kier alpha value is -3.14. The summed E-state index contributed by atoms with van der Waals surface area (Å²) in [5, 5.41) is 9.30. The van der Waals surface area contributed by atoms with Crippen LogP contribution in [0.1, 0.15) is 46.6 Å². The van der Waals surface area contributed by atoms with Gasteiger partial charge >= 0.3 is 5.97 Å². The van der Waals surface area contributed by atoms with E-state index in [1.54, 1.807) is 12.1 Å². The summed E-state index contributed by atoms with van der Waals surface area (Å²) in [5.41, 5.74) is 5.39. The van der Waals surface area contributed by atoms with Crippen LogP contribution in [0, 0.1) is 0 Å². The normalized spacial score (nSPS) is 15.5. The van der Waals surface area contributed by atoms with E-state index in [1.165, 1.54) is 5.56 Å². The molecule has 0 amide bonds. The highest BCUT2D eigenvalue weighted by atomic mass is 16.4. The number of rotatable bonds is 5. The Balaban J connectivity index is 1.58.